The second kappa shape index (κ2) is 5.23. The monoisotopic (exact) mass is 247 g/mol. The van der Waals surface area contributed by atoms with Gasteiger partial charge in [0.25, 0.3) is 0 Å². The van der Waals surface area contributed by atoms with Gasteiger partial charge in [0, 0.05) is 5.56 Å². The van der Waals surface area contributed by atoms with Crippen LogP contribution in [-0.2, 0) is 10.3 Å². The minimum atomic E-state index is -0.484. The maximum Gasteiger partial charge on any atom is 0.235 e. The van der Waals surface area contributed by atoms with Crippen LogP contribution in [0.4, 0.5) is 0 Å². The fourth-order valence-corrected chi connectivity index (χ4v) is 2.67. The van der Waals surface area contributed by atoms with Gasteiger partial charge in [0.1, 0.15) is 17.0 Å². The maximum absolute atomic E-state index is 10.7. The molecule has 18 heavy (non-hydrogen) atoms. The number of carbonyl (C=O) groups excluding carboxylic acids is 1. The van der Waals surface area contributed by atoms with Crippen LogP contribution >= 0.6 is 0 Å². The van der Waals surface area contributed by atoms with E-state index in [2.05, 4.69) is 4.99 Å². The largest absolute Gasteiger partial charge is 0.497 e. The Labute approximate surface area is 107 Å². The molecule has 96 valence electrons. The van der Waals surface area contributed by atoms with Crippen molar-refractivity contribution in [2.24, 2.45) is 4.99 Å². The predicted octanol–water partition coefficient (Wildman–Crippen LogP) is 2.81. The zero-order valence-corrected chi connectivity index (χ0v) is 10.7. The first kappa shape index (κ1) is 12.7. The normalized spacial score (nSPS) is 17.0. The Kier molecular flexibility index (Phi) is 3.68. The van der Waals surface area contributed by atoms with Gasteiger partial charge in [0.05, 0.1) is 14.2 Å². The Morgan fingerprint density at radius 3 is 2.50 bits per heavy atom. The highest BCUT2D eigenvalue weighted by Gasteiger charge is 2.38. The number of benzene rings is 1. The van der Waals surface area contributed by atoms with Crippen molar-refractivity contribution < 1.29 is 14.3 Å². The van der Waals surface area contributed by atoms with E-state index in [0.29, 0.717) is 0 Å². The molecule has 1 saturated carbocycles. The first-order valence-corrected chi connectivity index (χ1v) is 6.07. The van der Waals surface area contributed by atoms with Crippen LogP contribution in [0.25, 0.3) is 0 Å². The summed E-state index contributed by atoms with van der Waals surface area (Å²) in [4.78, 5) is 14.8. The quantitative estimate of drug-likeness (QED) is 0.607. The third-order valence-electron chi connectivity index (χ3n) is 3.60. The average Bonchev–Trinajstić information content (AvgIpc) is 2.88. The number of ether oxygens (including phenoxy) is 2. The Hall–Kier alpha value is -1.80. The minimum Gasteiger partial charge on any atom is -0.497 e. The smallest absolute Gasteiger partial charge is 0.235 e. The summed E-state index contributed by atoms with van der Waals surface area (Å²) in [6, 6.07) is 5.61. The van der Waals surface area contributed by atoms with Gasteiger partial charge in [0.2, 0.25) is 6.08 Å². The van der Waals surface area contributed by atoms with Crippen molar-refractivity contribution in [3.8, 4) is 11.5 Å². The molecule has 4 nitrogen and oxygen atoms in total. The number of hydrogen-bond acceptors (Lipinski definition) is 4. The number of hydrogen-bond donors (Lipinski definition) is 0. The lowest BCUT2D eigenvalue weighted by Crippen LogP contribution is -2.20. The minimum absolute atomic E-state index is 0.484. The summed E-state index contributed by atoms with van der Waals surface area (Å²) >= 11 is 0. The van der Waals surface area contributed by atoms with Gasteiger partial charge in [-0.15, -0.1) is 0 Å². The van der Waals surface area contributed by atoms with E-state index in [0.717, 1.165) is 42.7 Å². The van der Waals surface area contributed by atoms with Gasteiger partial charge >= 0.3 is 0 Å². The topological polar surface area (TPSA) is 47.9 Å². The van der Waals surface area contributed by atoms with Crippen molar-refractivity contribution in [2.75, 3.05) is 14.2 Å². The summed E-state index contributed by atoms with van der Waals surface area (Å²) in [5.41, 5.74) is 0.437. The highest BCUT2D eigenvalue weighted by molar-refractivity contribution is 5.48. The molecule has 1 aromatic rings. The van der Waals surface area contributed by atoms with E-state index in [1.54, 1.807) is 20.3 Å². The molecule has 2 rings (SSSR count). The lowest BCUT2D eigenvalue weighted by atomic mass is 9.88. The van der Waals surface area contributed by atoms with Crippen LogP contribution in [0.1, 0.15) is 31.2 Å². The van der Waals surface area contributed by atoms with Crippen LogP contribution < -0.4 is 9.47 Å². The predicted molar refractivity (Wildman–Crippen MR) is 67.8 cm³/mol. The first-order chi connectivity index (χ1) is 8.75. The number of methoxy groups -OCH3 is 2. The Bertz CT molecular complexity index is 472. The standard InChI is InChI=1S/C14H17NO3/c1-17-11-5-6-13(18-2)12(9-11)14(15-10-16)7-3-4-8-14/h5-6,9H,3-4,7-8H2,1-2H3. The second-order valence-corrected chi connectivity index (χ2v) is 4.51. The van der Waals surface area contributed by atoms with Gasteiger partial charge in [-0.1, -0.05) is 12.8 Å². The maximum atomic E-state index is 10.7. The molecule has 0 spiro atoms. The molecule has 0 bridgehead atoms. The molecular formula is C14H17NO3. The van der Waals surface area contributed by atoms with Crippen molar-refractivity contribution in [1.29, 1.82) is 0 Å². The van der Waals surface area contributed by atoms with Gasteiger partial charge in [-0.25, -0.2) is 4.79 Å². The summed E-state index contributed by atoms with van der Waals surface area (Å²) in [5.74, 6) is 1.50. The summed E-state index contributed by atoms with van der Waals surface area (Å²) in [7, 11) is 3.24. The van der Waals surface area contributed by atoms with Gasteiger partial charge in [0.15, 0.2) is 0 Å². The highest BCUT2D eigenvalue weighted by Crippen LogP contribution is 2.46. The Morgan fingerprint density at radius 2 is 1.94 bits per heavy atom. The molecule has 0 amide bonds. The Morgan fingerprint density at radius 1 is 1.22 bits per heavy atom. The van der Waals surface area contributed by atoms with Gasteiger partial charge < -0.3 is 9.47 Å². The molecule has 0 unspecified atom stereocenters. The highest BCUT2D eigenvalue weighted by atomic mass is 16.5. The summed E-state index contributed by atoms with van der Waals surface area (Å²) in [6.07, 6.45) is 5.54. The van der Waals surface area contributed by atoms with Crippen LogP contribution in [0.5, 0.6) is 11.5 Å². The molecule has 0 N–H and O–H groups in total. The summed E-state index contributed by atoms with van der Waals surface area (Å²) in [5, 5.41) is 0. The number of nitrogens with zero attached hydrogens (tertiary/aromatic N) is 1. The van der Waals surface area contributed by atoms with Crippen LogP contribution in [0.3, 0.4) is 0 Å². The molecule has 1 aliphatic rings. The van der Waals surface area contributed by atoms with Crippen molar-refractivity contribution in [3.05, 3.63) is 23.8 Å². The molecule has 0 radical (unpaired) electrons. The van der Waals surface area contributed by atoms with Crippen molar-refractivity contribution in [2.45, 2.75) is 31.2 Å². The molecule has 0 aromatic heterocycles. The van der Waals surface area contributed by atoms with Crippen LogP contribution in [0, 0.1) is 0 Å². The summed E-state index contributed by atoms with van der Waals surface area (Å²) < 4.78 is 10.6. The fraction of sp³-hybridized carbons (Fsp3) is 0.500. The number of isocyanates is 1. The van der Waals surface area contributed by atoms with Crippen molar-refractivity contribution in [3.63, 3.8) is 0 Å². The molecule has 0 saturated heterocycles. The second-order valence-electron chi connectivity index (χ2n) is 4.51. The molecule has 0 heterocycles. The van der Waals surface area contributed by atoms with Crippen LogP contribution in [0.15, 0.2) is 23.2 Å². The van der Waals surface area contributed by atoms with Crippen LogP contribution in [0.2, 0.25) is 0 Å². The first-order valence-electron chi connectivity index (χ1n) is 6.07. The number of aliphatic imine (C=N–C) groups is 1. The summed E-state index contributed by atoms with van der Waals surface area (Å²) in [6.45, 7) is 0. The zero-order valence-electron chi connectivity index (χ0n) is 10.7. The van der Waals surface area contributed by atoms with E-state index in [1.165, 1.54) is 0 Å². The van der Waals surface area contributed by atoms with E-state index in [-0.39, 0.29) is 0 Å². The van der Waals surface area contributed by atoms with E-state index in [4.69, 9.17) is 9.47 Å². The molecule has 4 heteroatoms. The van der Waals surface area contributed by atoms with Crippen molar-refractivity contribution in [1.82, 2.24) is 0 Å². The van der Waals surface area contributed by atoms with Gasteiger partial charge in [-0.2, -0.15) is 4.99 Å². The molecule has 0 atom stereocenters. The SMILES string of the molecule is COc1ccc(OC)c(C2(N=C=O)CCCC2)c1. The Balaban J connectivity index is 2.55. The van der Waals surface area contributed by atoms with E-state index >= 15 is 0 Å². The van der Waals surface area contributed by atoms with Gasteiger partial charge in [-0.05, 0) is 31.0 Å². The van der Waals surface area contributed by atoms with E-state index in [9.17, 15) is 4.79 Å². The van der Waals surface area contributed by atoms with Crippen LogP contribution in [-0.4, -0.2) is 20.3 Å². The molecule has 1 aromatic carbocycles. The molecule has 1 fully saturated rings. The molecule has 0 aliphatic heterocycles. The zero-order chi connectivity index (χ0) is 13.0. The lowest BCUT2D eigenvalue weighted by Gasteiger charge is -2.25. The average molecular weight is 247 g/mol. The molecule has 1 aliphatic carbocycles. The fourth-order valence-electron chi connectivity index (χ4n) is 2.67. The number of rotatable bonds is 4. The van der Waals surface area contributed by atoms with Crippen molar-refractivity contribution >= 4 is 6.08 Å². The van der Waals surface area contributed by atoms with E-state index < -0.39 is 5.54 Å². The van der Waals surface area contributed by atoms with Gasteiger partial charge in [-0.3, -0.25) is 0 Å². The third-order valence-corrected chi connectivity index (χ3v) is 3.60. The molecular weight excluding hydrogens is 230 g/mol. The third kappa shape index (κ3) is 2.12. The van der Waals surface area contributed by atoms with E-state index in [1.807, 2.05) is 18.2 Å². The lowest BCUT2D eigenvalue weighted by molar-refractivity contribution is 0.372.